The van der Waals surface area contributed by atoms with Gasteiger partial charge in [0.2, 0.25) is 17.7 Å². The number of aromatic amines is 1. The number of ether oxygens (including phenoxy) is 1. The van der Waals surface area contributed by atoms with Crippen LogP contribution in [0.2, 0.25) is 0 Å². The SMILES string of the molecule is CC(=O)N[C@@H](CC(=O)O)C(=O)OCC(C)(C)[C@@H](O)C(=O)NCCC(=O)NCCSC(=O)NCCc1c[nH]c2ccc(O)cc12. The van der Waals surface area contributed by atoms with Crippen molar-refractivity contribution in [1.29, 1.82) is 0 Å². The molecule has 1 heterocycles. The summed E-state index contributed by atoms with van der Waals surface area (Å²) in [5.74, 6) is -3.68. The Labute approximate surface area is 257 Å². The molecule has 2 rings (SSSR count). The van der Waals surface area contributed by atoms with Crippen LogP contribution in [0.1, 0.15) is 39.2 Å². The normalized spacial score (nSPS) is 12.5. The number of aromatic hydroxyl groups is 1. The summed E-state index contributed by atoms with van der Waals surface area (Å²) in [5.41, 5.74) is 0.578. The highest BCUT2D eigenvalue weighted by Gasteiger charge is 2.36. The van der Waals surface area contributed by atoms with Crippen LogP contribution in [0.4, 0.5) is 4.79 Å². The van der Waals surface area contributed by atoms with Crippen LogP contribution >= 0.6 is 11.8 Å². The molecule has 242 valence electrons. The topological polar surface area (TPSA) is 236 Å². The molecule has 2 atom stereocenters. The molecule has 1 aromatic carbocycles. The molecule has 0 aliphatic heterocycles. The van der Waals surface area contributed by atoms with Crippen LogP contribution in [0.3, 0.4) is 0 Å². The lowest BCUT2D eigenvalue weighted by atomic mass is 9.87. The lowest BCUT2D eigenvalue weighted by Gasteiger charge is -2.29. The molecule has 0 bridgehead atoms. The molecule has 44 heavy (non-hydrogen) atoms. The van der Waals surface area contributed by atoms with Crippen molar-refractivity contribution < 1.29 is 48.8 Å². The number of amides is 4. The van der Waals surface area contributed by atoms with Crippen molar-refractivity contribution in [3.05, 3.63) is 30.0 Å². The lowest BCUT2D eigenvalue weighted by molar-refractivity contribution is -0.158. The van der Waals surface area contributed by atoms with Gasteiger partial charge in [-0.2, -0.15) is 0 Å². The Morgan fingerprint density at radius 3 is 2.45 bits per heavy atom. The minimum absolute atomic E-state index is 0.0833. The van der Waals surface area contributed by atoms with Gasteiger partial charge in [0, 0.05) is 61.2 Å². The second-order valence-electron chi connectivity index (χ2n) is 10.6. The number of aliphatic carboxylic acids is 1. The monoisotopic (exact) mass is 637 g/mol. The summed E-state index contributed by atoms with van der Waals surface area (Å²) in [6.07, 6.45) is -0.0110. The van der Waals surface area contributed by atoms with Crippen molar-refractivity contribution in [2.75, 3.05) is 32.0 Å². The van der Waals surface area contributed by atoms with Crippen LogP contribution in [-0.4, -0.2) is 99.3 Å². The molecule has 1 aromatic heterocycles. The number of benzene rings is 1. The molecule has 0 radical (unpaired) electrons. The van der Waals surface area contributed by atoms with Crippen molar-refractivity contribution in [2.45, 2.75) is 52.2 Å². The third-order valence-electron chi connectivity index (χ3n) is 6.34. The molecule has 0 saturated carbocycles. The number of carbonyl (C=O) groups excluding carboxylic acids is 5. The Balaban J connectivity index is 1.61. The number of esters is 1. The van der Waals surface area contributed by atoms with Crippen LogP contribution in [0, 0.1) is 5.41 Å². The van der Waals surface area contributed by atoms with Crippen LogP contribution in [0.5, 0.6) is 5.75 Å². The van der Waals surface area contributed by atoms with E-state index in [1.807, 2.05) is 6.20 Å². The molecule has 15 nitrogen and oxygen atoms in total. The van der Waals surface area contributed by atoms with E-state index in [4.69, 9.17) is 9.84 Å². The standard InChI is InChI=1S/C28H39N5O10S/c1-16(34)33-21(13-23(37)38)26(41)43-15-28(2,3)24(39)25(40)30-9-7-22(36)29-10-11-44-27(42)31-8-6-17-14-32-20-5-4-18(35)12-19(17)20/h4-5,12,14,21,24,32,35,39H,6-11,13,15H2,1-3H3,(H,29,36)(H,30,40)(H,31,42)(H,33,34)(H,37,38)/t21-,24-/m0/s1. The first kappa shape index (κ1) is 35.9. The number of aliphatic hydroxyl groups is 1. The number of H-pyrrole nitrogens is 1. The summed E-state index contributed by atoms with van der Waals surface area (Å²) in [6, 6.07) is 3.60. The van der Waals surface area contributed by atoms with Gasteiger partial charge in [0.1, 0.15) is 17.9 Å². The maximum atomic E-state index is 12.4. The number of phenols is 1. The van der Waals surface area contributed by atoms with Crippen LogP contribution in [0.15, 0.2) is 24.4 Å². The van der Waals surface area contributed by atoms with E-state index < -0.39 is 54.3 Å². The maximum absolute atomic E-state index is 12.4. The van der Waals surface area contributed by atoms with Crippen LogP contribution < -0.4 is 21.3 Å². The Morgan fingerprint density at radius 1 is 1.05 bits per heavy atom. The van der Waals surface area contributed by atoms with Crippen molar-refractivity contribution >= 4 is 57.6 Å². The Kier molecular flexibility index (Phi) is 13.9. The molecule has 4 amide bonds. The number of aromatic nitrogens is 1. The van der Waals surface area contributed by atoms with Crippen molar-refractivity contribution in [3.8, 4) is 5.75 Å². The zero-order chi connectivity index (χ0) is 32.9. The molecule has 2 aromatic rings. The number of thioether (sulfide) groups is 1. The molecule has 16 heteroatoms. The molecule has 0 spiro atoms. The van der Waals surface area contributed by atoms with E-state index in [1.165, 1.54) is 13.8 Å². The quantitative estimate of drug-likeness (QED) is 0.0872. The van der Waals surface area contributed by atoms with Crippen LogP contribution in [-0.2, 0) is 35.1 Å². The Bertz CT molecular complexity index is 1330. The summed E-state index contributed by atoms with van der Waals surface area (Å²) < 4.78 is 5.05. The van der Waals surface area contributed by atoms with E-state index in [-0.39, 0.29) is 36.4 Å². The number of carboxylic acid groups (broad SMARTS) is 1. The van der Waals surface area contributed by atoms with E-state index in [1.54, 1.807) is 18.2 Å². The van der Waals surface area contributed by atoms with Gasteiger partial charge in [-0.25, -0.2) is 4.79 Å². The zero-order valence-corrected chi connectivity index (χ0v) is 25.5. The molecule has 8 N–H and O–H groups in total. The molecule has 0 unspecified atom stereocenters. The number of hydrogen-bond donors (Lipinski definition) is 8. The van der Waals surface area contributed by atoms with Gasteiger partial charge in [-0.15, -0.1) is 0 Å². The number of fused-ring (bicyclic) bond motifs is 1. The fraction of sp³-hybridized carbons (Fsp3) is 0.500. The van der Waals surface area contributed by atoms with Gasteiger partial charge in [0.25, 0.3) is 5.24 Å². The van der Waals surface area contributed by atoms with Gasteiger partial charge >= 0.3 is 11.9 Å². The summed E-state index contributed by atoms with van der Waals surface area (Å²) in [4.78, 5) is 74.1. The number of aliphatic hydroxyl groups excluding tert-OH is 1. The minimum atomic E-state index is -1.63. The van der Waals surface area contributed by atoms with Gasteiger partial charge in [0.15, 0.2) is 0 Å². The van der Waals surface area contributed by atoms with Crippen LogP contribution in [0.25, 0.3) is 10.9 Å². The molecule has 0 saturated heterocycles. The second kappa shape index (κ2) is 17.1. The molecule has 0 fully saturated rings. The molecular weight excluding hydrogens is 598 g/mol. The summed E-state index contributed by atoms with van der Waals surface area (Å²) in [6.45, 7) is 4.09. The highest BCUT2D eigenvalue weighted by atomic mass is 32.2. The van der Waals surface area contributed by atoms with E-state index >= 15 is 0 Å². The summed E-state index contributed by atoms with van der Waals surface area (Å²) in [5, 5.41) is 39.7. The second-order valence-corrected chi connectivity index (χ2v) is 11.7. The van der Waals surface area contributed by atoms with Gasteiger partial charge in [-0.1, -0.05) is 25.6 Å². The number of rotatable bonds is 17. The first-order valence-corrected chi connectivity index (χ1v) is 14.8. The fourth-order valence-electron chi connectivity index (χ4n) is 3.95. The Morgan fingerprint density at radius 2 is 1.77 bits per heavy atom. The molecule has 0 aliphatic rings. The summed E-state index contributed by atoms with van der Waals surface area (Å²) >= 11 is 1.01. The average Bonchev–Trinajstić information content (AvgIpc) is 3.34. The minimum Gasteiger partial charge on any atom is -0.508 e. The van der Waals surface area contributed by atoms with Gasteiger partial charge < -0.3 is 46.3 Å². The third kappa shape index (κ3) is 12.1. The number of carbonyl (C=O) groups is 6. The first-order chi connectivity index (χ1) is 20.7. The highest BCUT2D eigenvalue weighted by molar-refractivity contribution is 8.13. The fourth-order valence-corrected chi connectivity index (χ4v) is 4.54. The zero-order valence-electron chi connectivity index (χ0n) is 24.7. The van der Waals surface area contributed by atoms with Gasteiger partial charge in [-0.3, -0.25) is 24.0 Å². The number of nitrogens with one attached hydrogen (secondary N) is 5. The van der Waals surface area contributed by atoms with E-state index in [0.717, 1.165) is 35.2 Å². The van der Waals surface area contributed by atoms with E-state index in [9.17, 15) is 39.0 Å². The van der Waals surface area contributed by atoms with E-state index in [0.29, 0.717) is 18.7 Å². The average molecular weight is 638 g/mol. The smallest absolute Gasteiger partial charge is 0.329 e. The number of carboxylic acids is 1. The molecule has 0 aliphatic carbocycles. The Hall–Kier alpha value is -4.31. The summed E-state index contributed by atoms with van der Waals surface area (Å²) in [7, 11) is 0. The van der Waals surface area contributed by atoms with Crippen molar-refractivity contribution in [2.24, 2.45) is 5.41 Å². The predicted octanol–water partition coefficient (Wildman–Crippen LogP) is 0.391. The number of hydrogen-bond acceptors (Lipinski definition) is 10. The van der Waals surface area contributed by atoms with E-state index in [2.05, 4.69) is 26.3 Å². The van der Waals surface area contributed by atoms with Gasteiger partial charge in [-0.05, 0) is 30.2 Å². The third-order valence-corrected chi connectivity index (χ3v) is 7.15. The van der Waals surface area contributed by atoms with Gasteiger partial charge in [0.05, 0.1) is 13.0 Å². The van der Waals surface area contributed by atoms with Crippen molar-refractivity contribution in [3.63, 3.8) is 0 Å². The lowest BCUT2D eigenvalue weighted by Crippen LogP contribution is -2.48. The largest absolute Gasteiger partial charge is 0.508 e. The maximum Gasteiger partial charge on any atom is 0.329 e. The highest BCUT2D eigenvalue weighted by Crippen LogP contribution is 2.23. The molecular formula is C28H39N5O10S. The number of phenolic OH excluding ortho intramolecular Hbond substituents is 1. The van der Waals surface area contributed by atoms with Crippen molar-refractivity contribution in [1.82, 2.24) is 26.3 Å². The predicted molar refractivity (Wildman–Crippen MR) is 161 cm³/mol. The first-order valence-electron chi connectivity index (χ1n) is 13.8.